The molecular weight excluding hydrogens is 721 g/mol. The standard InChI is InChI=1S/C60H36/c1-33-27-28-46-51(34(2)31-48-39-21-11-12-22-40(39)52(33)57(46)48)43-29-30-47-55-42(43)24-14-26-45(55)60-54(36-17-7-4-8-18-36)58-44-25-13-23-41-37-19-9-10-20-38(37)49(56(41)44)32-50(58)53(59(47)60)35-15-5-3-6-16-35/h3-32H,1-2H3. The number of benzene rings is 11. The lowest BCUT2D eigenvalue weighted by Gasteiger charge is -2.19. The van der Waals surface area contributed by atoms with E-state index in [4.69, 9.17) is 0 Å². The van der Waals surface area contributed by atoms with Gasteiger partial charge in [-0.2, -0.15) is 0 Å². The minimum Gasteiger partial charge on any atom is -0.0622 e. The van der Waals surface area contributed by atoms with Crippen molar-refractivity contribution in [2.24, 2.45) is 0 Å². The Bertz CT molecular complexity index is 3980. The topological polar surface area (TPSA) is 0 Å². The molecule has 1 aliphatic rings. The molecule has 0 atom stereocenters. The van der Waals surface area contributed by atoms with E-state index < -0.39 is 0 Å². The normalized spacial score (nSPS) is 12.5. The van der Waals surface area contributed by atoms with Gasteiger partial charge in [0.25, 0.3) is 0 Å². The first-order chi connectivity index (χ1) is 29.7. The number of hydrogen-bond acceptors (Lipinski definition) is 0. The number of hydrogen-bond donors (Lipinski definition) is 0. The van der Waals surface area contributed by atoms with Crippen LogP contribution in [0.15, 0.2) is 182 Å². The fourth-order valence-electron chi connectivity index (χ4n) is 11.8. The zero-order chi connectivity index (χ0) is 39.4. The predicted molar refractivity (Wildman–Crippen MR) is 259 cm³/mol. The Morgan fingerprint density at radius 2 is 0.767 bits per heavy atom. The molecule has 14 rings (SSSR count). The van der Waals surface area contributed by atoms with Crippen molar-refractivity contribution in [3.05, 3.63) is 193 Å². The van der Waals surface area contributed by atoms with Crippen LogP contribution < -0.4 is 0 Å². The maximum absolute atomic E-state index is 2.53. The molecule has 0 bridgehead atoms. The van der Waals surface area contributed by atoms with E-state index in [1.807, 2.05) is 0 Å². The molecule has 0 heterocycles. The Hall–Kier alpha value is -7.54. The van der Waals surface area contributed by atoms with E-state index in [2.05, 4.69) is 196 Å². The van der Waals surface area contributed by atoms with Gasteiger partial charge in [-0.15, -0.1) is 0 Å². The summed E-state index contributed by atoms with van der Waals surface area (Å²) in [7, 11) is 0. The lowest BCUT2D eigenvalue weighted by atomic mass is 9.84. The minimum atomic E-state index is 1.25. The lowest BCUT2D eigenvalue weighted by molar-refractivity contribution is 1.48. The quantitative estimate of drug-likeness (QED) is 0.158. The summed E-state index contributed by atoms with van der Waals surface area (Å²) in [6.45, 7) is 4.58. The maximum Gasteiger partial charge on any atom is -0.000719 e. The Kier molecular flexibility index (Phi) is 6.25. The van der Waals surface area contributed by atoms with Gasteiger partial charge in [0, 0.05) is 0 Å². The monoisotopic (exact) mass is 756 g/mol. The van der Waals surface area contributed by atoms with Crippen LogP contribution in [-0.2, 0) is 0 Å². The molecule has 1 aliphatic carbocycles. The molecule has 0 saturated heterocycles. The van der Waals surface area contributed by atoms with E-state index in [1.54, 1.807) is 0 Å². The number of fused-ring (bicyclic) bond motifs is 11. The van der Waals surface area contributed by atoms with Crippen LogP contribution in [0.2, 0.25) is 0 Å². The van der Waals surface area contributed by atoms with E-state index in [9.17, 15) is 0 Å². The van der Waals surface area contributed by atoms with Gasteiger partial charge in [0.1, 0.15) is 0 Å². The van der Waals surface area contributed by atoms with Crippen LogP contribution in [0, 0.1) is 13.8 Å². The van der Waals surface area contributed by atoms with Gasteiger partial charge in [0.05, 0.1) is 0 Å². The highest BCUT2D eigenvalue weighted by molar-refractivity contribution is 6.45. The summed E-state index contributed by atoms with van der Waals surface area (Å²) in [4.78, 5) is 0. The first kappa shape index (κ1) is 32.4. The summed E-state index contributed by atoms with van der Waals surface area (Å²) in [5.74, 6) is 0. The third-order valence-electron chi connectivity index (χ3n) is 14.1. The van der Waals surface area contributed by atoms with Crippen LogP contribution in [0.4, 0.5) is 0 Å². The molecule has 13 aromatic rings. The average Bonchev–Trinajstić information content (AvgIpc) is 3.93. The van der Waals surface area contributed by atoms with Crippen molar-refractivity contribution in [1.29, 1.82) is 0 Å². The second-order valence-corrected chi connectivity index (χ2v) is 17.1. The zero-order valence-electron chi connectivity index (χ0n) is 33.3. The first-order valence-electron chi connectivity index (χ1n) is 21.2. The predicted octanol–water partition coefficient (Wildman–Crippen LogP) is 17.1. The van der Waals surface area contributed by atoms with Crippen molar-refractivity contribution in [2.45, 2.75) is 13.8 Å². The van der Waals surface area contributed by atoms with Crippen LogP contribution in [-0.4, -0.2) is 0 Å². The molecule has 60 heavy (non-hydrogen) atoms. The van der Waals surface area contributed by atoms with Gasteiger partial charge < -0.3 is 0 Å². The molecule has 0 radical (unpaired) electrons. The molecule has 13 aromatic carbocycles. The van der Waals surface area contributed by atoms with Crippen LogP contribution >= 0.6 is 0 Å². The van der Waals surface area contributed by atoms with Gasteiger partial charge in [-0.1, -0.05) is 176 Å². The Morgan fingerprint density at radius 3 is 1.53 bits per heavy atom. The highest BCUT2D eigenvalue weighted by Gasteiger charge is 2.29. The fraction of sp³-hybridized carbons (Fsp3) is 0.0333. The summed E-state index contributed by atoms with van der Waals surface area (Å²) in [5.41, 5.74) is 15.8. The smallest absolute Gasteiger partial charge is 0.000719 e. The number of aryl methyl sites for hydroxylation is 2. The van der Waals surface area contributed by atoms with Crippen molar-refractivity contribution in [3.63, 3.8) is 0 Å². The molecule has 0 nitrogen and oxygen atoms in total. The summed E-state index contributed by atoms with van der Waals surface area (Å²) in [6, 6.07) is 68.9. The molecule has 0 aliphatic heterocycles. The maximum atomic E-state index is 2.53. The second kappa shape index (κ2) is 11.6. The van der Waals surface area contributed by atoms with Gasteiger partial charge in [-0.25, -0.2) is 0 Å². The van der Waals surface area contributed by atoms with Gasteiger partial charge in [-0.05, 0) is 173 Å². The summed E-state index contributed by atoms with van der Waals surface area (Å²) in [6.07, 6.45) is 0. The SMILES string of the molecule is Cc1cc2c3c(c(C)ccc3c1-c1ccc3c4c(-c5ccccc5)c5cc6c7ccccc7c7cccc(c5c(-c5ccccc5)c4c4cccc1c34)c76)-c1ccccc1-2. The van der Waals surface area contributed by atoms with E-state index in [-0.39, 0.29) is 0 Å². The molecule has 0 unspecified atom stereocenters. The molecule has 0 saturated carbocycles. The highest BCUT2D eigenvalue weighted by Crippen LogP contribution is 2.57. The number of rotatable bonds is 3. The average molecular weight is 757 g/mol. The third kappa shape index (κ3) is 3.96. The van der Waals surface area contributed by atoms with Crippen molar-refractivity contribution < 1.29 is 0 Å². The van der Waals surface area contributed by atoms with Gasteiger partial charge in [0.15, 0.2) is 0 Å². The lowest BCUT2D eigenvalue weighted by Crippen LogP contribution is -1.91. The van der Waals surface area contributed by atoms with Crippen molar-refractivity contribution in [1.82, 2.24) is 0 Å². The summed E-state index contributed by atoms with van der Waals surface area (Å²) in [5, 5.41) is 21.3. The molecular formula is C60H36. The molecule has 0 N–H and O–H groups in total. The second-order valence-electron chi connectivity index (χ2n) is 17.1. The zero-order valence-corrected chi connectivity index (χ0v) is 33.3. The van der Waals surface area contributed by atoms with E-state index >= 15 is 0 Å². The van der Waals surface area contributed by atoms with Gasteiger partial charge in [0.2, 0.25) is 0 Å². The Labute approximate surface area is 347 Å². The molecule has 0 aromatic heterocycles. The van der Waals surface area contributed by atoms with Crippen LogP contribution in [0.1, 0.15) is 11.1 Å². The van der Waals surface area contributed by atoms with E-state index in [1.165, 1.54) is 153 Å². The Balaban J connectivity index is 1.20. The van der Waals surface area contributed by atoms with Crippen LogP contribution in [0.3, 0.4) is 0 Å². The highest BCUT2D eigenvalue weighted by atomic mass is 14.3. The molecule has 0 spiro atoms. The van der Waals surface area contributed by atoms with Crippen LogP contribution in [0.25, 0.3) is 142 Å². The fourth-order valence-corrected chi connectivity index (χ4v) is 11.8. The molecule has 0 heteroatoms. The van der Waals surface area contributed by atoms with Crippen LogP contribution in [0.5, 0.6) is 0 Å². The third-order valence-corrected chi connectivity index (χ3v) is 14.1. The largest absolute Gasteiger partial charge is 0.0622 e. The van der Waals surface area contributed by atoms with Crippen molar-refractivity contribution in [2.75, 3.05) is 0 Å². The molecule has 0 amide bonds. The summed E-state index contributed by atoms with van der Waals surface area (Å²) < 4.78 is 0. The Morgan fingerprint density at radius 1 is 0.217 bits per heavy atom. The van der Waals surface area contributed by atoms with Gasteiger partial charge >= 0.3 is 0 Å². The summed E-state index contributed by atoms with van der Waals surface area (Å²) >= 11 is 0. The molecule has 276 valence electrons. The van der Waals surface area contributed by atoms with Crippen molar-refractivity contribution >= 4 is 86.2 Å². The van der Waals surface area contributed by atoms with Gasteiger partial charge in [-0.3, -0.25) is 0 Å². The molecule has 0 fully saturated rings. The van der Waals surface area contributed by atoms with Crippen molar-refractivity contribution in [3.8, 4) is 55.6 Å². The minimum absolute atomic E-state index is 1.25. The first-order valence-corrected chi connectivity index (χ1v) is 21.2. The van der Waals surface area contributed by atoms with E-state index in [0.717, 1.165) is 0 Å². The van der Waals surface area contributed by atoms with E-state index in [0.29, 0.717) is 0 Å².